The Morgan fingerprint density at radius 2 is 2.00 bits per heavy atom. The maximum Gasteiger partial charge on any atom is 0.320 e. The van der Waals surface area contributed by atoms with E-state index in [0.29, 0.717) is 18.5 Å². The van der Waals surface area contributed by atoms with E-state index in [4.69, 9.17) is 4.42 Å². The molecule has 0 radical (unpaired) electrons. The number of rotatable bonds is 7. The summed E-state index contributed by atoms with van der Waals surface area (Å²) in [6, 6.07) is 8.50. The van der Waals surface area contributed by atoms with Gasteiger partial charge in [-0.1, -0.05) is 12.0 Å². The summed E-state index contributed by atoms with van der Waals surface area (Å²) in [5.41, 5.74) is 0.939. The van der Waals surface area contributed by atoms with Crippen LogP contribution in [0.1, 0.15) is 19.2 Å². The van der Waals surface area contributed by atoms with Crippen molar-refractivity contribution in [1.82, 2.24) is 15.5 Å². The number of aromatic nitrogens is 2. The van der Waals surface area contributed by atoms with Crippen LogP contribution in [0.3, 0.4) is 0 Å². The molecule has 102 valence electrons. The highest BCUT2D eigenvalue weighted by Gasteiger charge is 2.05. The SMILES string of the molecule is CCCNCc1nnc(Nc2ccc(SC)cc2)o1. The summed E-state index contributed by atoms with van der Waals surface area (Å²) in [5.74, 6) is 0.594. The molecular weight excluding hydrogens is 260 g/mol. The summed E-state index contributed by atoms with van der Waals surface area (Å²) in [7, 11) is 0. The molecule has 0 aliphatic rings. The van der Waals surface area contributed by atoms with E-state index in [1.165, 1.54) is 4.90 Å². The molecule has 1 heterocycles. The van der Waals surface area contributed by atoms with Crippen molar-refractivity contribution in [1.29, 1.82) is 0 Å². The molecule has 0 bridgehead atoms. The number of anilines is 2. The predicted octanol–water partition coefficient (Wildman–Crippen LogP) is 3.03. The first-order valence-electron chi connectivity index (χ1n) is 6.26. The molecule has 2 rings (SSSR count). The van der Waals surface area contributed by atoms with Gasteiger partial charge in [0.2, 0.25) is 5.89 Å². The second kappa shape index (κ2) is 7.16. The number of nitrogens with zero attached hydrogens (tertiary/aromatic N) is 2. The van der Waals surface area contributed by atoms with Crippen molar-refractivity contribution in [2.24, 2.45) is 0 Å². The molecule has 0 saturated heterocycles. The third kappa shape index (κ3) is 4.25. The average molecular weight is 278 g/mol. The van der Waals surface area contributed by atoms with Crippen molar-refractivity contribution in [3.8, 4) is 0 Å². The summed E-state index contributed by atoms with van der Waals surface area (Å²) < 4.78 is 5.49. The second-order valence-corrected chi connectivity index (χ2v) is 4.91. The average Bonchev–Trinajstić information content (AvgIpc) is 2.88. The van der Waals surface area contributed by atoms with Gasteiger partial charge in [-0.05, 0) is 43.5 Å². The van der Waals surface area contributed by atoms with E-state index in [2.05, 4.69) is 34.0 Å². The van der Waals surface area contributed by atoms with Crippen LogP contribution in [-0.2, 0) is 6.54 Å². The Bertz CT molecular complexity index is 498. The van der Waals surface area contributed by atoms with Gasteiger partial charge in [-0.3, -0.25) is 0 Å². The minimum absolute atomic E-state index is 0.421. The van der Waals surface area contributed by atoms with Gasteiger partial charge in [0.15, 0.2) is 0 Å². The maximum absolute atomic E-state index is 5.49. The quantitative estimate of drug-likeness (QED) is 0.599. The molecule has 0 atom stereocenters. The molecule has 2 N–H and O–H groups in total. The van der Waals surface area contributed by atoms with Crippen LogP contribution >= 0.6 is 11.8 Å². The topological polar surface area (TPSA) is 63.0 Å². The molecule has 0 aliphatic carbocycles. The van der Waals surface area contributed by atoms with Crippen LogP contribution in [0.4, 0.5) is 11.7 Å². The molecule has 1 aromatic heterocycles. The van der Waals surface area contributed by atoms with Crippen molar-refractivity contribution in [2.45, 2.75) is 24.8 Å². The summed E-state index contributed by atoms with van der Waals surface area (Å²) >= 11 is 1.71. The molecular formula is C13H18N4OS. The monoisotopic (exact) mass is 278 g/mol. The first-order valence-corrected chi connectivity index (χ1v) is 7.48. The second-order valence-electron chi connectivity index (χ2n) is 4.03. The van der Waals surface area contributed by atoms with Crippen LogP contribution in [0.25, 0.3) is 0 Å². The van der Waals surface area contributed by atoms with Crippen molar-refractivity contribution < 1.29 is 4.42 Å². The third-order valence-corrected chi connectivity index (χ3v) is 3.25. The zero-order valence-electron chi connectivity index (χ0n) is 11.1. The maximum atomic E-state index is 5.49. The van der Waals surface area contributed by atoms with Crippen molar-refractivity contribution in [3.63, 3.8) is 0 Å². The molecule has 0 fully saturated rings. The number of thioether (sulfide) groups is 1. The van der Waals surface area contributed by atoms with Crippen LogP contribution < -0.4 is 10.6 Å². The van der Waals surface area contributed by atoms with Crippen LogP contribution in [0.15, 0.2) is 33.6 Å². The summed E-state index contributed by atoms with van der Waals surface area (Å²) in [6.07, 6.45) is 3.14. The highest BCUT2D eigenvalue weighted by Crippen LogP contribution is 2.20. The molecule has 0 unspecified atom stereocenters. The number of nitrogens with one attached hydrogen (secondary N) is 2. The Morgan fingerprint density at radius 1 is 1.21 bits per heavy atom. The normalized spacial score (nSPS) is 10.6. The summed E-state index contributed by atoms with van der Waals surface area (Å²) in [5, 5.41) is 14.2. The third-order valence-electron chi connectivity index (χ3n) is 2.51. The Labute approximate surface area is 117 Å². The molecule has 0 saturated carbocycles. The lowest BCUT2D eigenvalue weighted by Crippen LogP contribution is -2.13. The van der Waals surface area contributed by atoms with Gasteiger partial charge < -0.3 is 15.1 Å². The zero-order valence-corrected chi connectivity index (χ0v) is 12.0. The van der Waals surface area contributed by atoms with E-state index in [1.54, 1.807) is 11.8 Å². The Kier molecular flexibility index (Phi) is 5.23. The van der Waals surface area contributed by atoms with Crippen LogP contribution in [0, 0.1) is 0 Å². The van der Waals surface area contributed by atoms with E-state index in [9.17, 15) is 0 Å². The highest BCUT2D eigenvalue weighted by atomic mass is 32.2. The lowest BCUT2D eigenvalue weighted by Gasteiger charge is -2.02. The number of hydrogen-bond donors (Lipinski definition) is 2. The fourth-order valence-electron chi connectivity index (χ4n) is 1.55. The van der Waals surface area contributed by atoms with Gasteiger partial charge >= 0.3 is 6.01 Å². The lowest BCUT2D eigenvalue weighted by molar-refractivity contribution is 0.479. The van der Waals surface area contributed by atoms with Crippen molar-refractivity contribution in [3.05, 3.63) is 30.2 Å². The molecule has 6 heteroatoms. The van der Waals surface area contributed by atoms with E-state index in [1.807, 2.05) is 24.3 Å². The largest absolute Gasteiger partial charge is 0.406 e. The Morgan fingerprint density at radius 3 is 2.68 bits per heavy atom. The minimum Gasteiger partial charge on any atom is -0.406 e. The Balaban J connectivity index is 1.91. The van der Waals surface area contributed by atoms with Gasteiger partial charge in [0.25, 0.3) is 0 Å². The van der Waals surface area contributed by atoms with E-state index < -0.39 is 0 Å². The molecule has 5 nitrogen and oxygen atoms in total. The molecule has 0 spiro atoms. The molecule has 1 aromatic carbocycles. The van der Waals surface area contributed by atoms with Gasteiger partial charge in [0.05, 0.1) is 6.54 Å². The summed E-state index contributed by atoms with van der Waals surface area (Å²) in [4.78, 5) is 1.22. The fraction of sp³-hybridized carbons (Fsp3) is 0.385. The standard InChI is InChI=1S/C13H18N4OS/c1-3-8-14-9-12-16-17-13(18-12)15-10-4-6-11(19-2)7-5-10/h4-7,14H,3,8-9H2,1-2H3,(H,15,17). The van der Waals surface area contributed by atoms with Gasteiger partial charge in [-0.2, -0.15) is 0 Å². The first-order chi connectivity index (χ1) is 9.31. The van der Waals surface area contributed by atoms with Gasteiger partial charge in [-0.25, -0.2) is 0 Å². The molecule has 19 heavy (non-hydrogen) atoms. The first kappa shape index (κ1) is 13.9. The molecule has 2 aromatic rings. The minimum atomic E-state index is 0.421. The highest BCUT2D eigenvalue weighted by molar-refractivity contribution is 7.98. The number of hydrogen-bond acceptors (Lipinski definition) is 6. The van der Waals surface area contributed by atoms with Gasteiger partial charge in [0.1, 0.15) is 0 Å². The van der Waals surface area contributed by atoms with Crippen LogP contribution in [-0.4, -0.2) is 23.0 Å². The van der Waals surface area contributed by atoms with E-state index in [0.717, 1.165) is 18.7 Å². The lowest BCUT2D eigenvalue weighted by atomic mass is 10.3. The predicted molar refractivity (Wildman–Crippen MR) is 77.8 cm³/mol. The Hall–Kier alpha value is -1.53. The van der Waals surface area contributed by atoms with Crippen molar-refractivity contribution >= 4 is 23.5 Å². The number of benzene rings is 1. The summed E-state index contributed by atoms with van der Waals surface area (Å²) in [6.45, 7) is 3.67. The fourth-order valence-corrected chi connectivity index (χ4v) is 1.95. The van der Waals surface area contributed by atoms with Crippen LogP contribution in [0.5, 0.6) is 0 Å². The van der Waals surface area contributed by atoms with Crippen molar-refractivity contribution in [2.75, 3.05) is 18.1 Å². The van der Waals surface area contributed by atoms with Crippen LogP contribution in [0.2, 0.25) is 0 Å². The van der Waals surface area contributed by atoms with Gasteiger partial charge in [0, 0.05) is 10.6 Å². The molecule has 0 amide bonds. The smallest absolute Gasteiger partial charge is 0.320 e. The van der Waals surface area contributed by atoms with E-state index in [-0.39, 0.29) is 0 Å². The molecule has 0 aliphatic heterocycles. The van der Waals surface area contributed by atoms with Gasteiger partial charge in [-0.15, -0.1) is 16.9 Å². The van der Waals surface area contributed by atoms with E-state index >= 15 is 0 Å². The zero-order chi connectivity index (χ0) is 13.5.